The Labute approximate surface area is 92.4 Å². The molecule has 0 atom stereocenters. The molecule has 0 bridgehead atoms. The van der Waals surface area contributed by atoms with E-state index in [4.69, 9.17) is 4.74 Å². The van der Waals surface area contributed by atoms with E-state index in [9.17, 15) is 9.90 Å². The zero-order valence-electron chi connectivity index (χ0n) is 7.89. The molecular weight excluding hydrogens is 181 g/mol. The third-order valence-corrected chi connectivity index (χ3v) is 1.90. The molecule has 0 N–H and O–H groups in total. The Hall–Kier alpha value is -0.833. The maximum Gasteiger partial charge on any atom is 1.00 e. The van der Waals surface area contributed by atoms with Gasteiger partial charge in [0, 0.05) is 18.9 Å². The van der Waals surface area contributed by atoms with E-state index in [1.807, 2.05) is 0 Å². The van der Waals surface area contributed by atoms with Gasteiger partial charge in [-0.2, -0.15) is 0 Å². The van der Waals surface area contributed by atoms with Crippen molar-refractivity contribution in [3.63, 3.8) is 0 Å². The van der Waals surface area contributed by atoms with Gasteiger partial charge in [0.15, 0.2) is 5.82 Å². The van der Waals surface area contributed by atoms with Gasteiger partial charge in [0.2, 0.25) is 0 Å². The smallest absolute Gasteiger partial charge is 0.550 e. The minimum absolute atomic E-state index is 0. The minimum atomic E-state index is -1.14. The SMILES string of the molecule is O=C([O-])Cc1nnc2n1CCOC2.[Li+]. The Morgan fingerprint density at radius 2 is 2.36 bits per heavy atom. The van der Waals surface area contributed by atoms with Crippen molar-refractivity contribution < 1.29 is 33.5 Å². The number of ether oxygens (including phenoxy) is 1. The molecule has 0 amide bonds. The molecule has 0 saturated heterocycles. The Balaban J connectivity index is 0.000000980. The van der Waals surface area contributed by atoms with E-state index in [1.165, 1.54) is 0 Å². The predicted octanol–water partition coefficient (Wildman–Crippen LogP) is -4.90. The van der Waals surface area contributed by atoms with Crippen molar-refractivity contribution in [1.29, 1.82) is 0 Å². The van der Waals surface area contributed by atoms with Gasteiger partial charge in [0.25, 0.3) is 0 Å². The molecule has 0 unspecified atom stereocenters. The zero-order chi connectivity index (χ0) is 9.26. The third kappa shape index (κ3) is 2.15. The van der Waals surface area contributed by atoms with Crippen molar-refractivity contribution in [2.75, 3.05) is 6.61 Å². The van der Waals surface area contributed by atoms with E-state index in [0.717, 1.165) is 0 Å². The number of hydrogen-bond donors (Lipinski definition) is 0. The summed E-state index contributed by atoms with van der Waals surface area (Å²) in [5.74, 6) is -0.0116. The molecule has 14 heavy (non-hydrogen) atoms. The van der Waals surface area contributed by atoms with Gasteiger partial charge in [0.05, 0.1) is 6.61 Å². The number of carbonyl (C=O) groups excluding carboxylic acids is 1. The van der Waals surface area contributed by atoms with E-state index < -0.39 is 5.97 Å². The van der Waals surface area contributed by atoms with Crippen LogP contribution in [0.4, 0.5) is 0 Å². The van der Waals surface area contributed by atoms with Crippen molar-refractivity contribution in [1.82, 2.24) is 14.8 Å². The Morgan fingerprint density at radius 3 is 3.07 bits per heavy atom. The first-order chi connectivity index (χ1) is 6.27. The van der Waals surface area contributed by atoms with Gasteiger partial charge in [-0.3, -0.25) is 0 Å². The molecule has 7 heteroatoms. The first-order valence-corrected chi connectivity index (χ1v) is 3.96. The molecule has 0 radical (unpaired) electrons. The third-order valence-electron chi connectivity index (χ3n) is 1.90. The number of carboxylic acid groups (broad SMARTS) is 1. The number of carbonyl (C=O) groups is 1. The molecule has 1 aliphatic rings. The summed E-state index contributed by atoms with van der Waals surface area (Å²) < 4.78 is 6.89. The van der Waals surface area contributed by atoms with E-state index in [-0.39, 0.29) is 25.3 Å². The second-order valence-electron chi connectivity index (χ2n) is 2.79. The summed E-state index contributed by atoms with van der Waals surface area (Å²) in [6.45, 7) is 1.59. The fraction of sp³-hybridized carbons (Fsp3) is 0.571. The van der Waals surface area contributed by atoms with Crippen molar-refractivity contribution in [3.8, 4) is 0 Å². The van der Waals surface area contributed by atoms with E-state index >= 15 is 0 Å². The standard InChI is InChI=1S/C7H9N3O3.Li/c11-7(12)3-5-8-9-6-4-13-2-1-10(5)6;/h1-4H2,(H,11,12);/q;+1/p-1. The Kier molecular flexibility index (Phi) is 3.69. The van der Waals surface area contributed by atoms with Gasteiger partial charge in [-0.05, 0) is 0 Å². The van der Waals surface area contributed by atoms with Gasteiger partial charge >= 0.3 is 18.9 Å². The second kappa shape index (κ2) is 4.60. The number of nitrogens with zero attached hydrogens (tertiary/aromatic N) is 3. The Morgan fingerprint density at radius 1 is 1.57 bits per heavy atom. The van der Waals surface area contributed by atoms with Crippen LogP contribution in [-0.2, 0) is 29.1 Å². The molecule has 0 aromatic carbocycles. The van der Waals surface area contributed by atoms with Gasteiger partial charge in [0.1, 0.15) is 12.4 Å². The number of rotatable bonds is 2. The van der Waals surface area contributed by atoms with Crippen LogP contribution in [0.25, 0.3) is 0 Å². The summed E-state index contributed by atoms with van der Waals surface area (Å²) in [4.78, 5) is 10.3. The average molecular weight is 189 g/mol. The van der Waals surface area contributed by atoms with Crippen LogP contribution in [0.3, 0.4) is 0 Å². The molecule has 6 nitrogen and oxygen atoms in total. The van der Waals surface area contributed by atoms with Gasteiger partial charge in [-0.15, -0.1) is 10.2 Å². The maximum atomic E-state index is 10.3. The molecular formula is C7H8LiN3O3. The molecule has 2 heterocycles. The molecule has 1 aromatic rings. The quantitative estimate of drug-likeness (QED) is 0.436. The van der Waals surface area contributed by atoms with Crippen LogP contribution < -0.4 is 24.0 Å². The van der Waals surface area contributed by atoms with Crippen molar-refractivity contribution >= 4 is 5.97 Å². The summed E-state index contributed by atoms with van der Waals surface area (Å²) >= 11 is 0. The largest absolute Gasteiger partial charge is 1.00 e. The maximum absolute atomic E-state index is 10.3. The molecule has 0 fully saturated rings. The summed E-state index contributed by atoms with van der Waals surface area (Å²) in [6.07, 6.45) is -0.188. The van der Waals surface area contributed by atoms with Crippen LogP contribution in [-0.4, -0.2) is 27.3 Å². The predicted molar refractivity (Wildman–Crippen MR) is 38.4 cm³/mol. The van der Waals surface area contributed by atoms with Crippen LogP contribution in [0.15, 0.2) is 0 Å². The van der Waals surface area contributed by atoms with Crippen molar-refractivity contribution in [2.45, 2.75) is 19.6 Å². The number of hydrogen-bond acceptors (Lipinski definition) is 5. The summed E-state index contributed by atoms with van der Waals surface area (Å²) in [6, 6.07) is 0. The topological polar surface area (TPSA) is 80.1 Å². The van der Waals surface area contributed by atoms with E-state index in [2.05, 4.69) is 10.2 Å². The van der Waals surface area contributed by atoms with Crippen LogP contribution in [0, 0.1) is 0 Å². The van der Waals surface area contributed by atoms with Crippen LogP contribution >= 0.6 is 0 Å². The molecule has 2 rings (SSSR count). The summed E-state index contributed by atoms with van der Waals surface area (Å²) in [5, 5.41) is 17.9. The number of aliphatic carboxylic acids is 1. The number of aromatic nitrogens is 3. The number of carboxylic acids is 1. The summed E-state index contributed by atoms with van der Waals surface area (Å²) in [7, 11) is 0. The normalized spacial score (nSPS) is 14.3. The van der Waals surface area contributed by atoms with Crippen LogP contribution in [0.5, 0.6) is 0 Å². The van der Waals surface area contributed by atoms with Crippen LogP contribution in [0.2, 0.25) is 0 Å². The molecule has 0 aliphatic carbocycles. The summed E-state index contributed by atoms with van der Waals surface area (Å²) in [5.41, 5.74) is 0. The molecule has 1 aromatic heterocycles. The van der Waals surface area contributed by atoms with E-state index in [0.29, 0.717) is 31.4 Å². The van der Waals surface area contributed by atoms with Crippen molar-refractivity contribution in [2.24, 2.45) is 0 Å². The van der Waals surface area contributed by atoms with Gasteiger partial charge in [-0.25, -0.2) is 0 Å². The van der Waals surface area contributed by atoms with E-state index in [1.54, 1.807) is 4.57 Å². The molecule has 1 aliphatic heterocycles. The average Bonchev–Trinajstić information content (AvgIpc) is 2.48. The first kappa shape index (κ1) is 11.2. The second-order valence-corrected chi connectivity index (χ2v) is 2.79. The van der Waals surface area contributed by atoms with Gasteiger partial charge < -0.3 is 19.2 Å². The molecule has 0 spiro atoms. The zero-order valence-corrected chi connectivity index (χ0v) is 7.89. The Bertz CT molecular complexity index is 339. The van der Waals surface area contributed by atoms with Crippen molar-refractivity contribution in [3.05, 3.63) is 11.6 Å². The van der Waals surface area contributed by atoms with Gasteiger partial charge in [-0.1, -0.05) is 0 Å². The molecule has 70 valence electrons. The van der Waals surface area contributed by atoms with Crippen LogP contribution in [0.1, 0.15) is 11.6 Å². The number of fused-ring (bicyclic) bond motifs is 1. The minimum Gasteiger partial charge on any atom is -0.550 e. The molecule has 0 saturated carbocycles. The monoisotopic (exact) mass is 189 g/mol. The first-order valence-electron chi connectivity index (χ1n) is 3.96. The fourth-order valence-corrected chi connectivity index (χ4v) is 1.32. The fourth-order valence-electron chi connectivity index (χ4n) is 1.32.